The number of aliphatic hydroxyl groups is 1. The average Bonchev–Trinajstić information content (AvgIpc) is 2.33. The first kappa shape index (κ1) is 16.0. The summed E-state index contributed by atoms with van der Waals surface area (Å²) >= 11 is 11.9. The Morgan fingerprint density at radius 2 is 1.95 bits per heavy atom. The van der Waals surface area contributed by atoms with E-state index in [9.17, 15) is 13.5 Å². The van der Waals surface area contributed by atoms with E-state index in [1.807, 2.05) is 0 Å². The van der Waals surface area contributed by atoms with Crippen LogP contribution in [0.25, 0.3) is 0 Å². The third-order valence-corrected chi connectivity index (χ3v) is 6.34. The highest BCUT2D eigenvalue weighted by molar-refractivity contribution is 7.89. The highest BCUT2D eigenvalue weighted by Gasteiger charge is 2.28. The Hall–Kier alpha value is -0.330. The maximum Gasteiger partial charge on any atom is 0.244 e. The van der Waals surface area contributed by atoms with E-state index in [1.54, 1.807) is 7.05 Å². The quantitative estimate of drug-likeness (QED) is 0.898. The minimum Gasteiger partial charge on any atom is -0.392 e. The number of halogens is 2. The van der Waals surface area contributed by atoms with E-state index in [4.69, 9.17) is 23.2 Å². The second kappa shape index (κ2) is 6.20. The molecule has 0 bridgehead atoms. The number of nitrogens with zero attached hydrogens (tertiary/aromatic N) is 1. The molecule has 1 saturated carbocycles. The van der Waals surface area contributed by atoms with E-state index in [-0.39, 0.29) is 21.5 Å². The van der Waals surface area contributed by atoms with E-state index in [2.05, 4.69) is 0 Å². The summed E-state index contributed by atoms with van der Waals surface area (Å²) in [5.41, 5.74) is 0.353. The number of rotatable bonds is 5. The smallest absolute Gasteiger partial charge is 0.244 e. The lowest BCUT2D eigenvalue weighted by atomic mass is 9.86. The molecule has 0 unspecified atom stereocenters. The molecule has 1 N–H and O–H groups in total. The van der Waals surface area contributed by atoms with Gasteiger partial charge in [-0.1, -0.05) is 29.6 Å². The van der Waals surface area contributed by atoms with Crippen molar-refractivity contribution in [3.05, 3.63) is 27.7 Å². The lowest BCUT2D eigenvalue weighted by molar-refractivity contribution is 0.263. The van der Waals surface area contributed by atoms with Crippen LogP contribution in [-0.2, 0) is 16.6 Å². The number of hydrogen-bond donors (Lipinski definition) is 1. The first-order chi connectivity index (χ1) is 9.36. The molecule has 20 heavy (non-hydrogen) atoms. The van der Waals surface area contributed by atoms with Crippen molar-refractivity contribution in [3.63, 3.8) is 0 Å². The first-order valence-corrected chi connectivity index (χ1v) is 8.61. The largest absolute Gasteiger partial charge is 0.392 e. The zero-order valence-electron chi connectivity index (χ0n) is 11.1. The Bertz CT molecular complexity index is 600. The van der Waals surface area contributed by atoms with Crippen molar-refractivity contribution in [2.75, 3.05) is 13.6 Å². The monoisotopic (exact) mass is 337 g/mol. The maximum absolute atomic E-state index is 12.5. The normalized spacial score (nSPS) is 16.4. The molecule has 4 nitrogen and oxygen atoms in total. The van der Waals surface area contributed by atoms with E-state index in [1.165, 1.54) is 16.4 Å². The van der Waals surface area contributed by atoms with Gasteiger partial charge in [-0.15, -0.1) is 0 Å². The molecule has 1 aliphatic carbocycles. The van der Waals surface area contributed by atoms with Crippen molar-refractivity contribution >= 4 is 33.2 Å². The van der Waals surface area contributed by atoms with Gasteiger partial charge in [0.15, 0.2) is 0 Å². The van der Waals surface area contributed by atoms with Crippen molar-refractivity contribution < 1.29 is 13.5 Å². The first-order valence-electron chi connectivity index (χ1n) is 6.41. The van der Waals surface area contributed by atoms with Crippen LogP contribution in [0.4, 0.5) is 0 Å². The SMILES string of the molecule is CN(CC1CCC1)S(=O)(=O)c1cc(CO)c(Cl)cc1Cl. The maximum atomic E-state index is 12.5. The summed E-state index contributed by atoms with van der Waals surface area (Å²) in [5.74, 6) is 0.429. The van der Waals surface area contributed by atoms with Gasteiger partial charge in [0.1, 0.15) is 4.90 Å². The lowest BCUT2D eigenvalue weighted by Crippen LogP contribution is -2.34. The van der Waals surface area contributed by atoms with Crippen LogP contribution in [0.15, 0.2) is 17.0 Å². The Balaban J connectivity index is 2.32. The minimum atomic E-state index is -3.66. The molecular formula is C13H17Cl2NO3S. The predicted octanol–water partition coefficient (Wildman–Crippen LogP) is 2.91. The van der Waals surface area contributed by atoms with Crippen LogP contribution in [-0.4, -0.2) is 31.4 Å². The van der Waals surface area contributed by atoms with Crippen LogP contribution in [0.3, 0.4) is 0 Å². The van der Waals surface area contributed by atoms with Crippen molar-refractivity contribution in [1.29, 1.82) is 0 Å². The summed E-state index contributed by atoms with van der Waals surface area (Å²) in [6.07, 6.45) is 3.29. The van der Waals surface area contributed by atoms with Gasteiger partial charge >= 0.3 is 0 Å². The lowest BCUT2D eigenvalue weighted by Gasteiger charge is -2.29. The number of benzene rings is 1. The molecule has 0 atom stereocenters. The van der Waals surface area contributed by atoms with E-state index in [0.717, 1.165) is 19.3 Å². The molecule has 1 fully saturated rings. The molecule has 7 heteroatoms. The molecule has 2 rings (SSSR count). The van der Waals surface area contributed by atoms with Crippen LogP contribution >= 0.6 is 23.2 Å². The van der Waals surface area contributed by atoms with Crippen molar-refractivity contribution in [2.45, 2.75) is 30.8 Å². The van der Waals surface area contributed by atoms with Gasteiger partial charge in [-0.25, -0.2) is 12.7 Å². The zero-order chi connectivity index (χ0) is 14.9. The molecule has 1 aromatic carbocycles. The van der Waals surface area contributed by atoms with Crippen molar-refractivity contribution in [3.8, 4) is 0 Å². The highest BCUT2D eigenvalue weighted by atomic mass is 35.5. The summed E-state index contributed by atoms with van der Waals surface area (Å²) < 4.78 is 26.4. The second-order valence-corrected chi connectivity index (χ2v) is 7.94. The molecule has 112 valence electrons. The van der Waals surface area contributed by atoms with Gasteiger partial charge in [0.05, 0.1) is 11.6 Å². The topological polar surface area (TPSA) is 57.6 Å². The van der Waals surface area contributed by atoms with Crippen LogP contribution in [0.5, 0.6) is 0 Å². The van der Waals surface area contributed by atoms with Gasteiger partial charge in [-0.3, -0.25) is 0 Å². The summed E-state index contributed by atoms with van der Waals surface area (Å²) in [7, 11) is -2.11. The molecular weight excluding hydrogens is 321 g/mol. The summed E-state index contributed by atoms with van der Waals surface area (Å²) in [4.78, 5) is -0.00515. The molecule has 1 aliphatic rings. The van der Waals surface area contributed by atoms with Crippen molar-refractivity contribution in [1.82, 2.24) is 4.31 Å². The Labute approximate surface area is 129 Å². The van der Waals surface area contributed by atoms with Gasteiger partial charge in [0.2, 0.25) is 10.0 Å². The zero-order valence-corrected chi connectivity index (χ0v) is 13.5. The second-order valence-electron chi connectivity index (χ2n) is 5.11. The van der Waals surface area contributed by atoms with Gasteiger partial charge in [0.25, 0.3) is 0 Å². The number of aliphatic hydroxyl groups excluding tert-OH is 1. The van der Waals surface area contributed by atoms with Crippen LogP contribution in [0, 0.1) is 5.92 Å². The summed E-state index contributed by atoms with van der Waals surface area (Å²) in [6.45, 7) is 0.167. The fraction of sp³-hybridized carbons (Fsp3) is 0.538. The van der Waals surface area contributed by atoms with Crippen LogP contribution in [0.2, 0.25) is 10.0 Å². The fourth-order valence-corrected chi connectivity index (χ4v) is 4.27. The molecule has 1 aromatic rings. The Morgan fingerprint density at radius 3 is 2.45 bits per heavy atom. The molecule has 0 aromatic heterocycles. The molecule has 0 aliphatic heterocycles. The van der Waals surface area contributed by atoms with E-state index >= 15 is 0 Å². The summed E-state index contributed by atoms with van der Waals surface area (Å²) in [6, 6.07) is 2.70. The van der Waals surface area contributed by atoms with Gasteiger partial charge < -0.3 is 5.11 Å². The van der Waals surface area contributed by atoms with E-state index in [0.29, 0.717) is 18.0 Å². The Kier molecular flexibility index (Phi) is 4.97. The van der Waals surface area contributed by atoms with Crippen LogP contribution in [0.1, 0.15) is 24.8 Å². The fourth-order valence-electron chi connectivity index (χ4n) is 2.20. The average molecular weight is 338 g/mol. The third-order valence-electron chi connectivity index (χ3n) is 3.70. The van der Waals surface area contributed by atoms with E-state index < -0.39 is 10.0 Å². The number of sulfonamides is 1. The third kappa shape index (κ3) is 3.12. The number of hydrogen-bond acceptors (Lipinski definition) is 3. The molecule has 0 saturated heterocycles. The highest BCUT2D eigenvalue weighted by Crippen LogP contribution is 2.32. The van der Waals surface area contributed by atoms with Gasteiger partial charge in [0, 0.05) is 18.6 Å². The molecule has 0 amide bonds. The van der Waals surface area contributed by atoms with Crippen molar-refractivity contribution in [2.24, 2.45) is 5.92 Å². The van der Waals surface area contributed by atoms with Gasteiger partial charge in [-0.05, 0) is 36.5 Å². The molecule has 0 heterocycles. The van der Waals surface area contributed by atoms with Crippen LogP contribution < -0.4 is 0 Å². The Morgan fingerprint density at radius 1 is 1.30 bits per heavy atom. The standard InChI is InChI=1S/C13H17Cl2NO3S/c1-16(7-9-3-2-4-9)20(18,19)13-5-10(8-17)11(14)6-12(13)15/h5-6,9,17H,2-4,7-8H2,1H3. The minimum absolute atomic E-state index is 0.00515. The predicted molar refractivity (Wildman–Crippen MR) is 79.5 cm³/mol. The summed E-state index contributed by atoms with van der Waals surface area (Å²) in [5, 5.41) is 9.53. The molecule has 0 spiro atoms. The molecule has 0 radical (unpaired) electrons. The van der Waals surface area contributed by atoms with Gasteiger partial charge in [-0.2, -0.15) is 0 Å².